The summed E-state index contributed by atoms with van der Waals surface area (Å²) in [5.74, 6) is -0.435. The van der Waals surface area contributed by atoms with Crippen molar-refractivity contribution in [2.75, 3.05) is 19.6 Å². The van der Waals surface area contributed by atoms with E-state index < -0.39 is 44.4 Å². The molecule has 200 valence electrons. The van der Waals surface area contributed by atoms with Gasteiger partial charge in [-0.05, 0) is 76.5 Å². The average Bonchev–Trinajstić information content (AvgIpc) is 3.49. The molecule has 3 aliphatic rings. The number of fused-ring (bicyclic) bond motifs is 1. The Morgan fingerprint density at radius 1 is 1.08 bits per heavy atom. The topological polar surface area (TPSA) is 96.0 Å². The minimum absolute atomic E-state index is 0.00131. The molecule has 0 spiro atoms. The van der Waals surface area contributed by atoms with Crippen molar-refractivity contribution < 1.29 is 35.9 Å². The molecule has 3 fully saturated rings. The molecule has 1 saturated carbocycles. The largest absolute Gasteiger partial charge is 0.444 e. The summed E-state index contributed by atoms with van der Waals surface area (Å²) in [4.78, 5) is 26.7. The highest BCUT2D eigenvalue weighted by Gasteiger charge is 2.48. The van der Waals surface area contributed by atoms with E-state index in [9.17, 15) is 31.2 Å². The van der Waals surface area contributed by atoms with Crippen molar-refractivity contribution in [3.05, 3.63) is 29.8 Å². The molecule has 4 atom stereocenters. The number of nitrogens with zero attached hydrogens (tertiary/aromatic N) is 2. The molecule has 1 aliphatic carbocycles. The van der Waals surface area contributed by atoms with Gasteiger partial charge in [0.25, 0.3) is 0 Å². The predicted molar refractivity (Wildman–Crippen MR) is 124 cm³/mol. The van der Waals surface area contributed by atoms with Crippen molar-refractivity contribution in [3.63, 3.8) is 0 Å². The zero-order valence-electron chi connectivity index (χ0n) is 20.5. The first-order valence-electron chi connectivity index (χ1n) is 12.1. The molecule has 1 aromatic rings. The number of hydrogen-bond donors (Lipinski definition) is 1. The van der Waals surface area contributed by atoms with Crippen LogP contribution in [0.3, 0.4) is 0 Å². The molecule has 1 aromatic carbocycles. The predicted octanol–water partition coefficient (Wildman–Crippen LogP) is 3.62. The number of sulfonamides is 1. The Balaban J connectivity index is 1.42. The summed E-state index contributed by atoms with van der Waals surface area (Å²) < 4.78 is 72.2. The molecular formula is C24H32F3N3O5S. The van der Waals surface area contributed by atoms with Crippen LogP contribution in [-0.4, -0.2) is 66.9 Å². The van der Waals surface area contributed by atoms with Crippen LogP contribution in [0.2, 0.25) is 0 Å². The second-order valence-electron chi connectivity index (χ2n) is 10.8. The van der Waals surface area contributed by atoms with Crippen LogP contribution in [-0.2, 0) is 25.7 Å². The van der Waals surface area contributed by atoms with Crippen LogP contribution >= 0.6 is 0 Å². The summed E-state index contributed by atoms with van der Waals surface area (Å²) in [6.45, 7) is 6.01. The van der Waals surface area contributed by atoms with Crippen LogP contribution in [0.1, 0.15) is 52.0 Å². The number of hydrogen-bond acceptors (Lipinski definition) is 5. The molecular weight excluding hydrogens is 499 g/mol. The van der Waals surface area contributed by atoms with E-state index in [0.717, 1.165) is 12.1 Å². The maximum atomic E-state index is 13.1. The van der Waals surface area contributed by atoms with Crippen molar-refractivity contribution in [1.29, 1.82) is 0 Å². The van der Waals surface area contributed by atoms with Crippen LogP contribution < -0.4 is 5.32 Å². The third kappa shape index (κ3) is 5.49. The molecule has 0 bridgehead atoms. The standard InChI is InChI=1S/C24H32F3N3O5S/c1-23(2,3)35-22(32)30-11-5-8-20(30)21(31)28-19-10-9-15-13-29(14-18(15)19)36(33,34)17-7-4-6-16(12-17)24(25,26)27/h4,6-7,12,15,18-20H,5,8-11,13-14H2,1-3H3,(H,28,31)/t15-,18+,19+,20-/m0/s1. The van der Waals surface area contributed by atoms with Gasteiger partial charge in [-0.2, -0.15) is 17.5 Å². The summed E-state index contributed by atoms with van der Waals surface area (Å²) in [7, 11) is -4.12. The van der Waals surface area contributed by atoms with Crippen LogP contribution in [0, 0.1) is 11.8 Å². The maximum Gasteiger partial charge on any atom is 0.416 e. The highest BCUT2D eigenvalue weighted by Crippen LogP contribution is 2.41. The number of likely N-dealkylation sites (tertiary alicyclic amines) is 1. The normalized spacial score (nSPS) is 27.2. The number of rotatable bonds is 4. The van der Waals surface area contributed by atoms with Gasteiger partial charge >= 0.3 is 12.3 Å². The molecule has 0 unspecified atom stereocenters. The summed E-state index contributed by atoms with van der Waals surface area (Å²) in [6, 6.07) is 2.84. The van der Waals surface area contributed by atoms with Gasteiger partial charge in [0.05, 0.1) is 10.5 Å². The number of nitrogens with one attached hydrogen (secondary N) is 1. The van der Waals surface area contributed by atoms with Crippen LogP contribution in [0.15, 0.2) is 29.2 Å². The third-order valence-electron chi connectivity index (χ3n) is 7.13. The number of carbonyl (C=O) groups is 2. The third-order valence-corrected chi connectivity index (χ3v) is 8.96. The van der Waals surface area contributed by atoms with E-state index in [1.54, 1.807) is 20.8 Å². The fourth-order valence-electron chi connectivity index (χ4n) is 5.44. The van der Waals surface area contributed by atoms with E-state index in [-0.39, 0.29) is 36.9 Å². The Bertz CT molecular complexity index is 1120. The highest BCUT2D eigenvalue weighted by atomic mass is 32.2. The smallest absolute Gasteiger partial charge is 0.416 e. The molecule has 0 aromatic heterocycles. The van der Waals surface area contributed by atoms with Crippen LogP contribution in [0.5, 0.6) is 0 Å². The monoisotopic (exact) mass is 531 g/mol. The maximum absolute atomic E-state index is 13.1. The molecule has 4 rings (SSSR count). The van der Waals surface area contributed by atoms with Gasteiger partial charge in [0.15, 0.2) is 0 Å². The van der Waals surface area contributed by atoms with Crippen molar-refractivity contribution in [2.24, 2.45) is 11.8 Å². The fraction of sp³-hybridized carbons (Fsp3) is 0.667. The van der Waals surface area contributed by atoms with E-state index in [1.807, 2.05) is 0 Å². The van der Waals surface area contributed by atoms with Gasteiger partial charge in [-0.1, -0.05) is 6.07 Å². The molecule has 2 heterocycles. The number of carbonyl (C=O) groups excluding carboxylic acids is 2. The highest BCUT2D eigenvalue weighted by molar-refractivity contribution is 7.89. The van der Waals surface area contributed by atoms with E-state index in [1.165, 1.54) is 15.3 Å². The summed E-state index contributed by atoms with van der Waals surface area (Å²) in [5, 5.41) is 3.02. The number of benzene rings is 1. The first-order valence-corrected chi connectivity index (χ1v) is 13.6. The number of ether oxygens (including phenoxy) is 1. The van der Waals surface area contributed by atoms with Crippen molar-refractivity contribution in [1.82, 2.24) is 14.5 Å². The zero-order valence-corrected chi connectivity index (χ0v) is 21.4. The van der Waals surface area contributed by atoms with Gasteiger partial charge < -0.3 is 10.1 Å². The van der Waals surface area contributed by atoms with Gasteiger partial charge in [0, 0.05) is 25.7 Å². The Morgan fingerprint density at radius 2 is 1.81 bits per heavy atom. The minimum Gasteiger partial charge on any atom is -0.444 e. The zero-order chi connectivity index (χ0) is 26.5. The summed E-state index contributed by atoms with van der Waals surface area (Å²) in [6.07, 6.45) is -2.61. The summed E-state index contributed by atoms with van der Waals surface area (Å²) in [5.41, 5.74) is -1.70. The Labute approximate surface area is 209 Å². The first-order chi connectivity index (χ1) is 16.7. The molecule has 12 heteroatoms. The minimum atomic E-state index is -4.64. The van der Waals surface area contributed by atoms with E-state index >= 15 is 0 Å². The van der Waals surface area contributed by atoms with E-state index in [0.29, 0.717) is 38.3 Å². The second-order valence-corrected chi connectivity index (χ2v) is 12.7. The molecule has 2 aliphatic heterocycles. The van der Waals surface area contributed by atoms with Gasteiger partial charge in [-0.25, -0.2) is 13.2 Å². The fourth-order valence-corrected chi connectivity index (χ4v) is 7.02. The Kier molecular flexibility index (Phi) is 7.06. The first kappa shape index (κ1) is 26.7. The van der Waals surface area contributed by atoms with Crippen molar-refractivity contribution >= 4 is 22.0 Å². The molecule has 8 nitrogen and oxygen atoms in total. The van der Waals surface area contributed by atoms with Gasteiger partial charge in [0.2, 0.25) is 15.9 Å². The van der Waals surface area contributed by atoms with Gasteiger partial charge in [-0.15, -0.1) is 0 Å². The lowest BCUT2D eigenvalue weighted by atomic mass is 9.97. The lowest BCUT2D eigenvalue weighted by Crippen LogP contribution is -2.51. The van der Waals surface area contributed by atoms with E-state index in [4.69, 9.17) is 4.74 Å². The molecule has 2 amide bonds. The average molecular weight is 532 g/mol. The Morgan fingerprint density at radius 3 is 2.47 bits per heavy atom. The van der Waals surface area contributed by atoms with Crippen LogP contribution in [0.25, 0.3) is 0 Å². The van der Waals surface area contributed by atoms with Crippen molar-refractivity contribution in [3.8, 4) is 0 Å². The molecule has 0 radical (unpaired) electrons. The molecule has 36 heavy (non-hydrogen) atoms. The SMILES string of the molecule is CC(C)(C)OC(=O)N1CCC[C@H]1C(=O)N[C@@H]1CC[C@H]2CN(S(=O)(=O)c3cccc(C(F)(F)F)c3)C[C@H]21. The molecule has 2 saturated heterocycles. The summed E-state index contributed by atoms with van der Waals surface area (Å²) >= 11 is 0. The Hall–Kier alpha value is -2.34. The lowest BCUT2D eigenvalue weighted by Gasteiger charge is -2.29. The quantitative estimate of drug-likeness (QED) is 0.640. The number of amides is 2. The molecule has 1 N–H and O–H groups in total. The van der Waals surface area contributed by atoms with Crippen LogP contribution in [0.4, 0.5) is 18.0 Å². The number of halogens is 3. The van der Waals surface area contributed by atoms with Gasteiger partial charge in [-0.3, -0.25) is 9.69 Å². The van der Waals surface area contributed by atoms with E-state index in [2.05, 4.69) is 5.32 Å². The lowest BCUT2D eigenvalue weighted by molar-refractivity contribution is -0.137. The van der Waals surface area contributed by atoms with Gasteiger partial charge in [0.1, 0.15) is 11.6 Å². The van der Waals surface area contributed by atoms with Crippen molar-refractivity contribution in [2.45, 2.75) is 75.2 Å². The second kappa shape index (κ2) is 9.51. The number of alkyl halides is 3.